The van der Waals surface area contributed by atoms with E-state index < -0.39 is 27.5 Å². The molecular formula is C14H29NO4S. The zero-order chi connectivity index (χ0) is 15.3. The number of nitrogens with two attached hydrogens (primary N) is 1. The highest BCUT2D eigenvalue weighted by molar-refractivity contribution is 7.86. The van der Waals surface area contributed by atoms with Gasteiger partial charge < -0.3 is 10.8 Å². The Morgan fingerprint density at radius 2 is 1.75 bits per heavy atom. The minimum atomic E-state index is -4.14. The highest BCUT2D eigenvalue weighted by atomic mass is 32.2. The smallest absolute Gasteiger partial charge is 0.268 e. The molecule has 120 valence electrons. The molecule has 0 aromatic rings. The predicted molar refractivity (Wildman–Crippen MR) is 80.0 cm³/mol. The van der Waals surface area contributed by atoms with Gasteiger partial charge in [0.15, 0.2) is 0 Å². The van der Waals surface area contributed by atoms with Crippen LogP contribution in [0.5, 0.6) is 0 Å². The molecule has 1 saturated carbocycles. The van der Waals surface area contributed by atoms with Crippen molar-refractivity contribution in [2.24, 2.45) is 17.6 Å². The largest absolute Gasteiger partial charge is 0.391 e. The predicted octanol–water partition coefficient (Wildman–Crippen LogP) is 1.95. The topological polar surface area (TPSA) is 101 Å². The lowest BCUT2D eigenvalue weighted by atomic mass is 9.83. The molecule has 0 heterocycles. The summed E-state index contributed by atoms with van der Waals surface area (Å²) in [6.45, 7) is 3.44. The van der Waals surface area contributed by atoms with Crippen LogP contribution in [0.4, 0.5) is 0 Å². The average Bonchev–Trinajstić information content (AvgIpc) is 2.34. The van der Waals surface area contributed by atoms with Crippen molar-refractivity contribution in [3.05, 3.63) is 0 Å². The molecule has 20 heavy (non-hydrogen) atoms. The lowest BCUT2D eigenvalue weighted by Gasteiger charge is -2.29. The Morgan fingerprint density at radius 1 is 1.20 bits per heavy atom. The second-order valence-corrected chi connectivity index (χ2v) is 8.14. The molecule has 4 N–H and O–H groups in total. The first-order valence-electron chi connectivity index (χ1n) is 7.61. The van der Waals surface area contributed by atoms with Crippen molar-refractivity contribution in [3.8, 4) is 0 Å². The fraction of sp³-hybridized carbons (Fsp3) is 1.00. The van der Waals surface area contributed by atoms with Crippen LogP contribution in [0.1, 0.15) is 58.8 Å². The van der Waals surface area contributed by atoms with Crippen LogP contribution in [0.2, 0.25) is 0 Å². The van der Waals surface area contributed by atoms with Crippen LogP contribution in [0.25, 0.3) is 0 Å². The molecule has 0 unspecified atom stereocenters. The molecule has 0 aromatic heterocycles. The lowest BCUT2D eigenvalue weighted by Crippen LogP contribution is -2.41. The monoisotopic (exact) mass is 307 g/mol. The lowest BCUT2D eigenvalue weighted by molar-refractivity contribution is 0.112. The maximum Gasteiger partial charge on any atom is 0.268 e. The first kappa shape index (κ1) is 17.9. The molecule has 1 rings (SSSR count). The summed E-state index contributed by atoms with van der Waals surface area (Å²) in [5.41, 5.74) is 6.01. The zero-order valence-corrected chi connectivity index (χ0v) is 13.3. The average molecular weight is 307 g/mol. The van der Waals surface area contributed by atoms with Gasteiger partial charge in [-0.05, 0) is 24.7 Å². The number of hydrogen-bond donors (Lipinski definition) is 3. The molecule has 1 aliphatic rings. The van der Waals surface area contributed by atoms with E-state index in [0.29, 0.717) is 5.92 Å². The van der Waals surface area contributed by atoms with Crippen molar-refractivity contribution in [2.45, 2.75) is 76.2 Å². The van der Waals surface area contributed by atoms with Crippen molar-refractivity contribution in [2.75, 3.05) is 0 Å². The van der Waals surface area contributed by atoms with Crippen molar-refractivity contribution in [1.82, 2.24) is 0 Å². The van der Waals surface area contributed by atoms with Gasteiger partial charge in [-0.15, -0.1) is 0 Å². The number of rotatable bonds is 7. The summed E-state index contributed by atoms with van der Waals surface area (Å²) >= 11 is 0. The molecule has 0 amide bonds. The fourth-order valence-electron chi connectivity index (χ4n) is 3.12. The standard InChI is InChI=1S/C14H29NO4S/c1-10(2)14(20(17,18)19)9-13(16)12(15)8-11-6-4-3-5-7-11/h10-14,16H,3-9,15H2,1-2H3,(H,17,18,19)/t12-,13-,14+/m0/s1. The van der Waals surface area contributed by atoms with Crippen molar-refractivity contribution >= 4 is 10.1 Å². The zero-order valence-electron chi connectivity index (χ0n) is 12.5. The maximum absolute atomic E-state index is 11.3. The third-order valence-corrected chi connectivity index (χ3v) is 5.93. The van der Waals surface area contributed by atoms with Crippen LogP contribution in [0.15, 0.2) is 0 Å². The Bertz CT molecular complexity index is 377. The first-order valence-corrected chi connectivity index (χ1v) is 9.12. The molecule has 1 fully saturated rings. The summed E-state index contributed by atoms with van der Waals surface area (Å²) in [6.07, 6.45) is 5.85. The van der Waals surface area contributed by atoms with Crippen molar-refractivity contribution in [1.29, 1.82) is 0 Å². The van der Waals surface area contributed by atoms with Crippen LogP contribution in [0.3, 0.4) is 0 Å². The van der Waals surface area contributed by atoms with Gasteiger partial charge in [-0.25, -0.2) is 0 Å². The van der Waals surface area contributed by atoms with Crippen molar-refractivity contribution in [3.63, 3.8) is 0 Å². The van der Waals surface area contributed by atoms with Crippen molar-refractivity contribution < 1.29 is 18.1 Å². The van der Waals surface area contributed by atoms with Gasteiger partial charge in [-0.2, -0.15) is 8.42 Å². The molecular weight excluding hydrogens is 278 g/mol. The Labute approximate surface area is 122 Å². The number of hydrogen-bond acceptors (Lipinski definition) is 4. The van der Waals surface area contributed by atoms with E-state index in [9.17, 15) is 18.1 Å². The van der Waals surface area contributed by atoms with E-state index in [4.69, 9.17) is 5.73 Å². The molecule has 6 heteroatoms. The molecule has 0 aromatic carbocycles. The molecule has 0 saturated heterocycles. The second kappa shape index (κ2) is 7.73. The third-order valence-electron chi connectivity index (χ3n) is 4.42. The van der Waals surface area contributed by atoms with E-state index in [-0.39, 0.29) is 12.3 Å². The molecule has 0 spiro atoms. The molecule has 5 nitrogen and oxygen atoms in total. The Hall–Kier alpha value is -0.170. The summed E-state index contributed by atoms with van der Waals surface area (Å²) in [5, 5.41) is 9.18. The fourth-order valence-corrected chi connectivity index (χ4v) is 4.24. The van der Waals surface area contributed by atoms with E-state index in [1.807, 2.05) is 0 Å². The normalized spacial score (nSPS) is 22.7. The second-order valence-electron chi connectivity index (χ2n) is 6.50. The number of aliphatic hydroxyl groups is 1. The van der Waals surface area contributed by atoms with Crippen LogP contribution in [-0.4, -0.2) is 35.5 Å². The minimum absolute atomic E-state index is 0.00435. The Balaban J connectivity index is 2.52. The minimum Gasteiger partial charge on any atom is -0.391 e. The van der Waals surface area contributed by atoms with Crippen LogP contribution < -0.4 is 5.73 Å². The van der Waals surface area contributed by atoms with E-state index >= 15 is 0 Å². The van der Waals surface area contributed by atoms with E-state index in [0.717, 1.165) is 19.3 Å². The third kappa shape index (κ3) is 5.68. The molecule has 0 aliphatic heterocycles. The van der Waals surface area contributed by atoms with Gasteiger partial charge in [-0.3, -0.25) is 4.55 Å². The summed E-state index contributed by atoms with van der Waals surface area (Å²) in [4.78, 5) is 0. The SMILES string of the molecule is CC(C)[C@@H](C[C@H](O)[C@@H](N)CC1CCCCC1)S(=O)(=O)O. The van der Waals surface area contributed by atoms with Gasteiger partial charge in [0.1, 0.15) is 0 Å². The maximum atomic E-state index is 11.3. The Morgan fingerprint density at radius 3 is 2.20 bits per heavy atom. The van der Waals surface area contributed by atoms with E-state index in [1.54, 1.807) is 13.8 Å². The summed E-state index contributed by atoms with van der Waals surface area (Å²) in [6, 6.07) is -0.416. The molecule has 0 bridgehead atoms. The van der Waals surface area contributed by atoms with Gasteiger partial charge in [0.25, 0.3) is 10.1 Å². The molecule has 1 aliphatic carbocycles. The number of aliphatic hydroxyl groups excluding tert-OH is 1. The van der Waals surface area contributed by atoms with E-state index in [1.165, 1.54) is 19.3 Å². The first-order chi connectivity index (χ1) is 9.21. The summed E-state index contributed by atoms with van der Waals surface area (Å²) < 4.78 is 31.9. The van der Waals surface area contributed by atoms with Crippen LogP contribution in [0, 0.1) is 11.8 Å². The molecule has 3 atom stereocenters. The molecule has 0 radical (unpaired) electrons. The highest BCUT2D eigenvalue weighted by Gasteiger charge is 2.32. The van der Waals surface area contributed by atoms with Crippen LogP contribution >= 0.6 is 0 Å². The Kier molecular flexibility index (Phi) is 6.91. The van der Waals surface area contributed by atoms with Gasteiger partial charge in [0.2, 0.25) is 0 Å². The van der Waals surface area contributed by atoms with Gasteiger partial charge in [0.05, 0.1) is 11.4 Å². The van der Waals surface area contributed by atoms with Crippen LogP contribution in [-0.2, 0) is 10.1 Å². The summed E-state index contributed by atoms with van der Waals surface area (Å²) in [5.74, 6) is 0.290. The van der Waals surface area contributed by atoms with Gasteiger partial charge >= 0.3 is 0 Å². The van der Waals surface area contributed by atoms with Gasteiger partial charge in [0, 0.05) is 6.04 Å². The quantitative estimate of drug-likeness (QED) is 0.624. The van der Waals surface area contributed by atoms with E-state index in [2.05, 4.69) is 0 Å². The van der Waals surface area contributed by atoms with Gasteiger partial charge in [-0.1, -0.05) is 46.0 Å². The summed E-state index contributed by atoms with van der Waals surface area (Å²) in [7, 11) is -4.14. The highest BCUT2D eigenvalue weighted by Crippen LogP contribution is 2.28.